The minimum absolute atomic E-state index is 0.525. The van der Waals surface area contributed by atoms with Gasteiger partial charge in [0.25, 0.3) is 0 Å². The number of ether oxygens (including phenoxy) is 2. The van der Waals surface area contributed by atoms with Crippen molar-refractivity contribution >= 4 is 5.69 Å². The van der Waals surface area contributed by atoms with Gasteiger partial charge >= 0.3 is 0 Å². The molecule has 0 aromatic heterocycles. The first-order valence-corrected chi connectivity index (χ1v) is 7.41. The van der Waals surface area contributed by atoms with Gasteiger partial charge in [0.2, 0.25) is 0 Å². The molecule has 1 N–H and O–H groups in total. The molecule has 1 atom stereocenters. The average molecular weight is 265 g/mol. The van der Waals surface area contributed by atoms with Crippen molar-refractivity contribution in [1.82, 2.24) is 0 Å². The molecular formula is C16H27NO2. The van der Waals surface area contributed by atoms with Crippen LogP contribution in [-0.2, 0) is 0 Å². The van der Waals surface area contributed by atoms with Crippen LogP contribution in [0.25, 0.3) is 0 Å². The van der Waals surface area contributed by atoms with Crippen LogP contribution < -0.4 is 14.8 Å². The Hall–Kier alpha value is -1.38. The van der Waals surface area contributed by atoms with Crippen LogP contribution in [-0.4, -0.2) is 19.3 Å². The Kier molecular flexibility index (Phi) is 7.16. The molecule has 108 valence electrons. The number of anilines is 1. The van der Waals surface area contributed by atoms with Crippen LogP contribution in [0.4, 0.5) is 5.69 Å². The van der Waals surface area contributed by atoms with Crippen molar-refractivity contribution in [2.75, 3.05) is 18.5 Å². The molecule has 0 aliphatic heterocycles. The van der Waals surface area contributed by atoms with Crippen LogP contribution in [0.15, 0.2) is 18.2 Å². The second-order valence-electron chi connectivity index (χ2n) is 4.57. The van der Waals surface area contributed by atoms with E-state index in [1.54, 1.807) is 0 Å². The van der Waals surface area contributed by atoms with Gasteiger partial charge < -0.3 is 14.8 Å². The summed E-state index contributed by atoms with van der Waals surface area (Å²) < 4.78 is 11.2. The standard InChI is InChI=1S/C16H27NO2/c1-5-9-13(6-2)17-14-10-11-15(18-7-3)16(12-14)19-8-4/h10-13,17H,5-9H2,1-4H3. The summed E-state index contributed by atoms with van der Waals surface area (Å²) in [6.45, 7) is 9.70. The lowest BCUT2D eigenvalue weighted by atomic mass is 10.1. The summed E-state index contributed by atoms with van der Waals surface area (Å²) >= 11 is 0. The van der Waals surface area contributed by atoms with Gasteiger partial charge in [0.05, 0.1) is 13.2 Å². The molecule has 0 amide bonds. The van der Waals surface area contributed by atoms with Crippen LogP contribution >= 0.6 is 0 Å². The number of benzene rings is 1. The maximum atomic E-state index is 5.64. The van der Waals surface area contributed by atoms with E-state index in [1.807, 2.05) is 26.0 Å². The van der Waals surface area contributed by atoms with Crippen molar-refractivity contribution in [3.05, 3.63) is 18.2 Å². The van der Waals surface area contributed by atoms with Gasteiger partial charge in [0.1, 0.15) is 0 Å². The second kappa shape index (κ2) is 8.68. The lowest BCUT2D eigenvalue weighted by molar-refractivity contribution is 0.288. The quantitative estimate of drug-likeness (QED) is 0.714. The lowest BCUT2D eigenvalue weighted by Crippen LogP contribution is -2.17. The molecule has 1 rings (SSSR count). The predicted molar refractivity (Wildman–Crippen MR) is 81.4 cm³/mol. The minimum Gasteiger partial charge on any atom is -0.490 e. The van der Waals surface area contributed by atoms with E-state index in [9.17, 15) is 0 Å². The summed E-state index contributed by atoms with van der Waals surface area (Å²) in [7, 11) is 0. The van der Waals surface area contributed by atoms with Crippen LogP contribution in [0.3, 0.4) is 0 Å². The maximum Gasteiger partial charge on any atom is 0.163 e. The summed E-state index contributed by atoms with van der Waals surface area (Å²) in [5, 5.41) is 3.56. The number of rotatable bonds is 9. The summed E-state index contributed by atoms with van der Waals surface area (Å²) in [4.78, 5) is 0. The van der Waals surface area contributed by atoms with Gasteiger partial charge in [0.15, 0.2) is 11.5 Å². The molecule has 3 heteroatoms. The van der Waals surface area contributed by atoms with Gasteiger partial charge in [-0.15, -0.1) is 0 Å². The minimum atomic E-state index is 0.525. The summed E-state index contributed by atoms with van der Waals surface area (Å²) in [5.41, 5.74) is 1.10. The monoisotopic (exact) mass is 265 g/mol. The molecule has 0 aliphatic rings. The molecule has 0 aliphatic carbocycles. The highest BCUT2D eigenvalue weighted by Gasteiger charge is 2.09. The van der Waals surface area contributed by atoms with Crippen molar-refractivity contribution in [3.63, 3.8) is 0 Å². The fourth-order valence-corrected chi connectivity index (χ4v) is 2.10. The molecule has 1 aromatic carbocycles. The van der Waals surface area contributed by atoms with Crippen LogP contribution in [0.1, 0.15) is 47.0 Å². The van der Waals surface area contributed by atoms with Gasteiger partial charge in [-0.05, 0) is 38.8 Å². The zero-order valence-electron chi connectivity index (χ0n) is 12.7. The van der Waals surface area contributed by atoms with E-state index >= 15 is 0 Å². The first kappa shape index (κ1) is 15.7. The summed E-state index contributed by atoms with van der Waals surface area (Å²) in [5.74, 6) is 1.64. The van der Waals surface area contributed by atoms with Crippen molar-refractivity contribution in [2.24, 2.45) is 0 Å². The van der Waals surface area contributed by atoms with Crippen LogP contribution in [0.2, 0.25) is 0 Å². The molecule has 1 aromatic rings. The topological polar surface area (TPSA) is 30.5 Å². The van der Waals surface area contributed by atoms with E-state index in [-0.39, 0.29) is 0 Å². The highest BCUT2D eigenvalue weighted by molar-refractivity contribution is 5.55. The Bertz CT molecular complexity index is 366. The smallest absolute Gasteiger partial charge is 0.163 e. The van der Waals surface area contributed by atoms with Gasteiger partial charge in [-0.1, -0.05) is 20.3 Å². The number of hydrogen-bond donors (Lipinski definition) is 1. The zero-order valence-corrected chi connectivity index (χ0v) is 12.7. The van der Waals surface area contributed by atoms with E-state index in [0.717, 1.165) is 23.6 Å². The Morgan fingerprint density at radius 1 is 1.00 bits per heavy atom. The van der Waals surface area contributed by atoms with Gasteiger partial charge in [-0.2, -0.15) is 0 Å². The molecule has 3 nitrogen and oxygen atoms in total. The molecule has 0 saturated heterocycles. The fourth-order valence-electron chi connectivity index (χ4n) is 2.10. The number of nitrogens with one attached hydrogen (secondary N) is 1. The Morgan fingerprint density at radius 3 is 2.26 bits per heavy atom. The van der Waals surface area contributed by atoms with E-state index in [4.69, 9.17) is 9.47 Å². The van der Waals surface area contributed by atoms with Gasteiger partial charge in [-0.25, -0.2) is 0 Å². The van der Waals surface area contributed by atoms with Gasteiger partial charge in [-0.3, -0.25) is 0 Å². The van der Waals surface area contributed by atoms with Crippen molar-refractivity contribution in [3.8, 4) is 11.5 Å². The van der Waals surface area contributed by atoms with Crippen molar-refractivity contribution in [2.45, 2.75) is 53.0 Å². The van der Waals surface area contributed by atoms with Crippen LogP contribution in [0.5, 0.6) is 11.5 Å². The molecule has 0 spiro atoms. The maximum absolute atomic E-state index is 5.64. The highest BCUT2D eigenvalue weighted by Crippen LogP contribution is 2.31. The third-order valence-corrected chi connectivity index (χ3v) is 3.04. The second-order valence-corrected chi connectivity index (χ2v) is 4.57. The van der Waals surface area contributed by atoms with E-state index < -0.39 is 0 Å². The highest BCUT2D eigenvalue weighted by atomic mass is 16.5. The van der Waals surface area contributed by atoms with Gasteiger partial charge in [0, 0.05) is 17.8 Å². The molecular weight excluding hydrogens is 238 g/mol. The first-order chi connectivity index (χ1) is 9.24. The molecule has 19 heavy (non-hydrogen) atoms. The Balaban J connectivity index is 2.81. The predicted octanol–water partition coefficient (Wildman–Crippen LogP) is 4.47. The molecule has 0 heterocycles. The van der Waals surface area contributed by atoms with Crippen LogP contribution in [0, 0.1) is 0 Å². The lowest BCUT2D eigenvalue weighted by Gasteiger charge is -2.19. The largest absolute Gasteiger partial charge is 0.490 e. The molecule has 0 radical (unpaired) electrons. The molecule has 0 bridgehead atoms. The van der Waals surface area contributed by atoms with E-state index in [1.165, 1.54) is 12.8 Å². The Morgan fingerprint density at radius 2 is 1.68 bits per heavy atom. The number of hydrogen-bond acceptors (Lipinski definition) is 3. The summed E-state index contributed by atoms with van der Waals surface area (Å²) in [6, 6.07) is 6.60. The molecule has 0 fully saturated rings. The molecule has 1 unspecified atom stereocenters. The first-order valence-electron chi connectivity index (χ1n) is 7.41. The zero-order chi connectivity index (χ0) is 14.1. The van der Waals surface area contributed by atoms with E-state index in [0.29, 0.717) is 19.3 Å². The normalized spacial score (nSPS) is 12.0. The Labute approximate surface area is 117 Å². The average Bonchev–Trinajstić information content (AvgIpc) is 2.41. The van der Waals surface area contributed by atoms with Crippen molar-refractivity contribution in [1.29, 1.82) is 0 Å². The third-order valence-electron chi connectivity index (χ3n) is 3.04. The fraction of sp³-hybridized carbons (Fsp3) is 0.625. The molecule has 0 saturated carbocycles. The van der Waals surface area contributed by atoms with Crippen molar-refractivity contribution < 1.29 is 9.47 Å². The third kappa shape index (κ3) is 5.01. The van der Waals surface area contributed by atoms with E-state index in [2.05, 4.69) is 25.2 Å². The summed E-state index contributed by atoms with van der Waals surface area (Å²) in [6.07, 6.45) is 3.51. The SMILES string of the molecule is CCCC(CC)Nc1ccc(OCC)c(OCC)c1.